The molecule has 2 unspecified atom stereocenters. The Hall–Kier alpha value is -1.10. The molecule has 2 atom stereocenters. The lowest BCUT2D eigenvalue weighted by atomic mass is 9.79. The number of methoxy groups -OCH3 is 1. The number of rotatable bonds is 3. The highest BCUT2D eigenvalue weighted by Crippen LogP contribution is 2.35. The Kier molecular flexibility index (Phi) is 4.34. The van der Waals surface area contributed by atoms with Crippen LogP contribution in [-0.4, -0.2) is 48.1 Å². The average molecular weight is 296 g/mol. The Bertz CT molecular complexity index is 422. The van der Waals surface area contributed by atoms with Crippen LogP contribution in [0.1, 0.15) is 47.5 Å². The first-order valence-corrected chi connectivity index (χ1v) is 7.82. The standard InChI is InChI=1S/C16H28N2O3/c1-9(2)12-14(19)17-13(16(3,4)5)15(20)18(12)10-7-11(8-10)21-6/h9-13H,7-8H2,1-6H3,(H,17,19). The summed E-state index contributed by atoms with van der Waals surface area (Å²) in [6, 6.07) is -0.675. The van der Waals surface area contributed by atoms with Gasteiger partial charge in [-0.05, 0) is 24.2 Å². The van der Waals surface area contributed by atoms with Crippen molar-refractivity contribution in [3.8, 4) is 0 Å². The van der Waals surface area contributed by atoms with Gasteiger partial charge in [-0.2, -0.15) is 0 Å². The Balaban J connectivity index is 2.26. The van der Waals surface area contributed by atoms with E-state index >= 15 is 0 Å². The molecule has 0 spiro atoms. The molecule has 5 nitrogen and oxygen atoms in total. The van der Waals surface area contributed by atoms with Crippen molar-refractivity contribution in [2.75, 3.05) is 7.11 Å². The van der Waals surface area contributed by atoms with Crippen LogP contribution >= 0.6 is 0 Å². The topological polar surface area (TPSA) is 58.6 Å². The smallest absolute Gasteiger partial charge is 0.246 e. The normalized spacial score (nSPS) is 34.0. The van der Waals surface area contributed by atoms with E-state index in [-0.39, 0.29) is 41.3 Å². The molecule has 0 bridgehead atoms. The van der Waals surface area contributed by atoms with Gasteiger partial charge in [-0.3, -0.25) is 9.59 Å². The molecule has 0 aromatic rings. The van der Waals surface area contributed by atoms with Gasteiger partial charge in [0.1, 0.15) is 12.1 Å². The average Bonchev–Trinajstić information content (AvgIpc) is 2.29. The first-order chi connectivity index (χ1) is 9.66. The number of amides is 2. The summed E-state index contributed by atoms with van der Waals surface area (Å²) in [5, 5.41) is 2.93. The van der Waals surface area contributed by atoms with Gasteiger partial charge >= 0.3 is 0 Å². The van der Waals surface area contributed by atoms with E-state index in [2.05, 4.69) is 5.32 Å². The van der Waals surface area contributed by atoms with Crippen molar-refractivity contribution in [1.29, 1.82) is 0 Å². The van der Waals surface area contributed by atoms with Gasteiger partial charge in [-0.1, -0.05) is 34.6 Å². The predicted octanol–water partition coefficient (Wildman–Crippen LogP) is 1.56. The van der Waals surface area contributed by atoms with Crippen LogP contribution < -0.4 is 5.32 Å². The zero-order valence-corrected chi connectivity index (χ0v) is 14.0. The molecule has 5 heteroatoms. The summed E-state index contributed by atoms with van der Waals surface area (Å²) in [4.78, 5) is 27.3. The summed E-state index contributed by atoms with van der Waals surface area (Å²) in [6.45, 7) is 9.95. The van der Waals surface area contributed by atoms with Gasteiger partial charge in [-0.15, -0.1) is 0 Å². The number of nitrogens with one attached hydrogen (secondary N) is 1. The van der Waals surface area contributed by atoms with E-state index in [4.69, 9.17) is 4.74 Å². The van der Waals surface area contributed by atoms with Crippen molar-refractivity contribution in [2.45, 2.75) is 71.7 Å². The predicted molar refractivity (Wildman–Crippen MR) is 80.7 cm³/mol. The summed E-state index contributed by atoms with van der Waals surface area (Å²) >= 11 is 0. The van der Waals surface area contributed by atoms with Crippen molar-refractivity contribution in [3.05, 3.63) is 0 Å². The van der Waals surface area contributed by atoms with E-state index in [1.54, 1.807) is 7.11 Å². The molecule has 0 radical (unpaired) electrons. The minimum atomic E-state index is -0.443. The molecule has 1 aliphatic carbocycles. The van der Waals surface area contributed by atoms with E-state index in [0.29, 0.717) is 0 Å². The van der Waals surface area contributed by atoms with E-state index in [0.717, 1.165) is 12.8 Å². The van der Waals surface area contributed by atoms with Crippen molar-refractivity contribution in [1.82, 2.24) is 10.2 Å². The van der Waals surface area contributed by atoms with Crippen LogP contribution in [0.15, 0.2) is 0 Å². The van der Waals surface area contributed by atoms with E-state index < -0.39 is 6.04 Å². The molecule has 2 aliphatic rings. The van der Waals surface area contributed by atoms with Gasteiger partial charge in [0, 0.05) is 13.2 Å². The number of ether oxygens (including phenoxy) is 1. The maximum Gasteiger partial charge on any atom is 0.246 e. The number of carbonyl (C=O) groups excluding carboxylic acids is 2. The lowest BCUT2D eigenvalue weighted by Gasteiger charge is -2.51. The zero-order valence-electron chi connectivity index (χ0n) is 14.0. The molecule has 1 saturated heterocycles. The molecule has 1 heterocycles. The van der Waals surface area contributed by atoms with Crippen LogP contribution in [-0.2, 0) is 14.3 Å². The molecular formula is C16H28N2O3. The quantitative estimate of drug-likeness (QED) is 0.860. The second-order valence-corrected chi connectivity index (χ2v) is 7.72. The Morgan fingerprint density at radius 3 is 2.24 bits per heavy atom. The molecule has 0 aromatic carbocycles. The summed E-state index contributed by atoms with van der Waals surface area (Å²) in [5.74, 6) is 0.141. The summed E-state index contributed by atoms with van der Waals surface area (Å²) in [5.41, 5.74) is -0.280. The third-order valence-corrected chi connectivity index (χ3v) is 4.65. The SMILES string of the molecule is COC1CC(N2C(=O)C(C(C)(C)C)NC(=O)C2C(C)C)C1. The Labute approximate surface area is 127 Å². The van der Waals surface area contributed by atoms with Crippen molar-refractivity contribution >= 4 is 11.8 Å². The molecule has 2 rings (SSSR count). The first-order valence-electron chi connectivity index (χ1n) is 7.82. The van der Waals surface area contributed by atoms with Gasteiger partial charge in [-0.25, -0.2) is 0 Å². The number of nitrogens with zero attached hydrogens (tertiary/aromatic N) is 1. The summed E-state index contributed by atoms with van der Waals surface area (Å²) < 4.78 is 5.32. The molecule has 120 valence electrons. The van der Waals surface area contributed by atoms with Crippen molar-refractivity contribution in [3.63, 3.8) is 0 Å². The van der Waals surface area contributed by atoms with Crippen LogP contribution in [0.5, 0.6) is 0 Å². The highest BCUT2D eigenvalue weighted by Gasteiger charge is 2.50. The lowest BCUT2D eigenvalue weighted by molar-refractivity contribution is -0.163. The van der Waals surface area contributed by atoms with Crippen LogP contribution in [0.2, 0.25) is 0 Å². The fraction of sp³-hybridized carbons (Fsp3) is 0.875. The molecule has 0 aromatic heterocycles. The third-order valence-electron chi connectivity index (χ3n) is 4.65. The minimum absolute atomic E-state index is 0.0228. The molecule has 2 fully saturated rings. The van der Waals surface area contributed by atoms with Crippen LogP contribution in [0.25, 0.3) is 0 Å². The summed E-state index contributed by atoms with van der Waals surface area (Å²) in [7, 11) is 1.70. The molecule has 1 aliphatic heterocycles. The van der Waals surface area contributed by atoms with Crippen molar-refractivity contribution < 1.29 is 14.3 Å². The third kappa shape index (κ3) is 2.93. The Morgan fingerprint density at radius 2 is 1.81 bits per heavy atom. The molecule has 2 amide bonds. The molecular weight excluding hydrogens is 268 g/mol. The van der Waals surface area contributed by atoms with Gasteiger partial charge in [0.15, 0.2) is 0 Å². The monoisotopic (exact) mass is 296 g/mol. The van der Waals surface area contributed by atoms with E-state index in [1.807, 2.05) is 39.5 Å². The number of carbonyl (C=O) groups is 2. The zero-order chi connectivity index (χ0) is 15.9. The van der Waals surface area contributed by atoms with Gasteiger partial charge in [0.05, 0.1) is 6.10 Å². The maximum atomic E-state index is 12.9. The fourth-order valence-electron chi connectivity index (χ4n) is 3.28. The van der Waals surface area contributed by atoms with Crippen LogP contribution in [0, 0.1) is 11.3 Å². The second kappa shape index (κ2) is 5.59. The first kappa shape index (κ1) is 16.3. The lowest BCUT2D eigenvalue weighted by Crippen LogP contribution is -2.71. The Morgan fingerprint density at radius 1 is 1.24 bits per heavy atom. The highest BCUT2D eigenvalue weighted by molar-refractivity contribution is 5.97. The second-order valence-electron chi connectivity index (χ2n) is 7.72. The van der Waals surface area contributed by atoms with Crippen molar-refractivity contribution in [2.24, 2.45) is 11.3 Å². The molecule has 1 saturated carbocycles. The van der Waals surface area contributed by atoms with Crippen LogP contribution in [0.4, 0.5) is 0 Å². The minimum Gasteiger partial charge on any atom is -0.381 e. The fourth-order valence-corrected chi connectivity index (χ4v) is 3.28. The summed E-state index contributed by atoms with van der Waals surface area (Å²) in [6.07, 6.45) is 1.87. The highest BCUT2D eigenvalue weighted by atomic mass is 16.5. The van der Waals surface area contributed by atoms with Crippen LogP contribution in [0.3, 0.4) is 0 Å². The molecule has 21 heavy (non-hydrogen) atoms. The van der Waals surface area contributed by atoms with Gasteiger partial charge in [0.2, 0.25) is 11.8 Å². The van der Waals surface area contributed by atoms with E-state index in [1.165, 1.54) is 0 Å². The van der Waals surface area contributed by atoms with Gasteiger partial charge in [0.25, 0.3) is 0 Å². The number of hydrogen-bond acceptors (Lipinski definition) is 3. The van der Waals surface area contributed by atoms with E-state index in [9.17, 15) is 9.59 Å². The largest absolute Gasteiger partial charge is 0.381 e. The number of piperazine rings is 1. The van der Waals surface area contributed by atoms with Gasteiger partial charge < -0.3 is 15.0 Å². The maximum absolute atomic E-state index is 12.9. The number of hydrogen-bond donors (Lipinski definition) is 1. The molecule has 1 N–H and O–H groups in total.